The van der Waals surface area contributed by atoms with E-state index in [1.807, 2.05) is 0 Å². The summed E-state index contributed by atoms with van der Waals surface area (Å²) in [5.74, 6) is -0.625. The minimum atomic E-state index is -3.97. The number of esters is 1. The summed E-state index contributed by atoms with van der Waals surface area (Å²) < 4.78 is 38.8. The molecule has 1 fully saturated rings. The number of benzene rings is 3. The zero-order valence-corrected chi connectivity index (χ0v) is 19.2. The van der Waals surface area contributed by atoms with Crippen LogP contribution in [0.1, 0.15) is 34.9 Å². The molecule has 0 spiro atoms. The number of anilines is 1. The van der Waals surface area contributed by atoms with Gasteiger partial charge in [-0.1, -0.05) is 36.4 Å². The van der Waals surface area contributed by atoms with E-state index in [-0.39, 0.29) is 16.5 Å². The Balaban J connectivity index is 1.53. The lowest BCUT2D eigenvalue weighted by molar-refractivity contribution is -0.130. The SMILES string of the molecule is COc1ccc(NS(=O)(=O)c2cccc(C(=O)OC(C(=O)NC3CC3)c3ccccc3)c2)cc1. The molecular formula is C25H24N2O6S. The zero-order chi connectivity index (χ0) is 24.1. The molecule has 0 saturated heterocycles. The number of sulfonamides is 1. The predicted octanol–water partition coefficient (Wildman–Crippen LogP) is 3.67. The predicted molar refractivity (Wildman–Crippen MR) is 126 cm³/mol. The Morgan fingerprint density at radius 1 is 0.941 bits per heavy atom. The van der Waals surface area contributed by atoms with Gasteiger partial charge in [0.1, 0.15) is 5.75 Å². The lowest BCUT2D eigenvalue weighted by Gasteiger charge is -2.18. The summed E-state index contributed by atoms with van der Waals surface area (Å²) >= 11 is 0. The Hall–Kier alpha value is -3.85. The number of hydrogen-bond acceptors (Lipinski definition) is 6. The highest BCUT2D eigenvalue weighted by molar-refractivity contribution is 7.92. The topological polar surface area (TPSA) is 111 Å². The summed E-state index contributed by atoms with van der Waals surface area (Å²) in [6, 6.07) is 20.6. The van der Waals surface area contributed by atoms with Crippen molar-refractivity contribution in [3.63, 3.8) is 0 Å². The Labute approximate surface area is 198 Å². The molecule has 1 saturated carbocycles. The summed E-state index contributed by atoms with van der Waals surface area (Å²) in [4.78, 5) is 25.5. The van der Waals surface area contributed by atoms with E-state index in [1.165, 1.54) is 31.4 Å². The molecule has 1 atom stereocenters. The summed E-state index contributed by atoms with van der Waals surface area (Å²) in [5.41, 5.74) is 0.881. The smallest absolute Gasteiger partial charge is 0.339 e. The third kappa shape index (κ3) is 5.74. The molecule has 0 aromatic heterocycles. The Kier molecular flexibility index (Phi) is 6.83. The molecule has 34 heavy (non-hydrogen) atoms. The maximum atomic E-state index is 12.9. The van der Waals surface area contributed by atoms with Gasteiger partial charge in [-0.2, -0.15) is 0 Å². The molecule has 1 aliphatic rings. The van der Waals surface area contributed by atoms with Crippen molar-refractivity contribution in [1.29, 1.82) is 0 Å². The van der Waals surface area contributed by atoms with Gasteiger partial charge in [0.25, 0.3) is 15.9 Å². The Morgan fingerprint density at radius 3 is 2.29 bits per heavy atom. The van der Waals surface area contributed by atoms with Crippen molar-refractivity contribution in [2.24, 2.45) is 0 Å². The molecule has 8 nitrogen and oxygen atoms in total. The lowest BCUT2D eigenvalue weighted by Crippen LogP contribution is -2.33. The van der Waals surface area contributed by atoms with Gasteiger partial charge in [-0.25, -0.2) is 13.2 Å². The molecule has 0 bridgehead atoms. The first-order chi connectivity index (χ1) is 16.4. The molecule has 0 aliphatic heterocycles. The van der Waals surface area contributed by atoms with Crippen LogP contribution in [0, 0.1) is 0 Å². The molecule has 1 unspecified atom stereocenters. The molecule has 1 amide bonds. The highest BCUT2D eigenvalue weighted by Gasteiger charge is 2.31. The van der Waals surface area contributed by atoms with E-state index in [0.29, 0.717) is 17.0 Å². The second kappa shape index (κ2) is 9.96. The van der Waals surface area contributed by atoms with E-state index < -0.39 is 28.0 Å². The number of carbonyl (C=O) groups is 2. The second-order valence-corrected chi connectivity index (χ2v) is 9.52. The van der Waals surface area contributed by atoms with Crippen LogP contribution in [0.25, 0.3) is 0 Å². The monoisotopic (exact) mass is 480 g/mol. The molecular weight excluding hydrogens is 456 g/mol. The van der Waals surface area contributed by atoms with Gasteiger partial charge < -0.3 is 14.8 Å². The van der Waals surface area contributed by atoms with Crippen LogP contribution in [0.15, 0.2) is 83.8 Å². The van der Waals surface area contributed by atoms with Gasteiger partial charge in [0.2, 0.25) is 6.10 Å². The number of amides is 1. The minimum Gasteiger partial charge on any atom is -0.497 e. The van der Waals surface area contributed by atoms with Crippen LogP contribution in [0.5, 0.6) is 5.75 Å². The van der Waals surface area contributed by atoms with Gasteiger partial charge in [-0.05, 0) is 55.3 Å². The fourth-order valence-corrected chi connectivity index (χ4v) is 4.35. The van der Waals surface area contributed by atoms with Gasteiger partial charge in [0.15, 0.2) is 0 Å². The van der Waals surface area contributed by atoms with Crippen molar-refractivity contribution in [2.45, 2.75) is 29.9 Å². The molecule has 176 valence electrons. The third-order valence-corrected chi connectivity index (χ3v) is 6.59. The number of carbonyl (C=O) groups excluding carboxylic acids is 2. The first-order valence-electron chi connectivity index (χ1n) is 10.7. The van der Waals surface area contributed by atoms with Gasteiger partial charge in [0, 0.05) is 17.3 Å². The van der Waals surface area contributed by atoms with Gasteiger partial charge in [0.05, 0.1) is 17.6 Å². The van der Waals surface area contributed by atoms with Crippen molar-refractivity contribution in [2.75, 3.05) is 11.8 Å². The van der Waals surface area contributed by atoms with Crippen LogP contribution in [0.2, 0.25) is 0 Å². The average molecular weight is 481 g/mol. The van der Waals surface area contributed by atoms with Crippen LogP contribution >= 0.6 is 0 Å². The number of nitrogens with one attached hydrogen (secondary N) is 2. The van der Waals surface area contributed by atoms with E-state index in [1.54, 1.807) is 54.6 Å². The second-order valence-electron chi connectivity index (χ2n) is 7.84. The molecule has 1 aliphatic carbocycles. The average Bonchev–Trinajstić information content (AvgIpc) is 3.67. The van der Waals surface area contributed by atoms with Crippen molar-refractivity contribution >= 4 is 27.6 Å². The van der Waals surface area contributed by atoms with Crippen molar-refractivity contribution in [3.05, 3.63) is 90.0 Å². The highest BCUT2D eigenvalue weighted by Crippen LogP contribution is 2.25. The third-order valence-electron chi connectivity index (χ3n) is 5.21. The summed E-state index contributed by atoms with van der Waals surface area (Å²) in [5, 5.41) is 2.85. The van der Waals surface area contributed by atoms with Crippen LogP contribution in [0.4, 0.5) is 5.69 Å². The Morgan fingerprint density at radius 2 is 1.65 bits per heavy atom. The molecule has 0 radical (unpaired) electrons. The van der Waals surface area contributed by atoms with Crippen LogP contribution in [0.3, 0.4) is 0 Å². The number of hydrogen-bond donors (Lipinski definition) is 2. The van der Waals surface area contributed by atoms with E-state index in [9.17, 15) is 18.0 Å². The Bertz CT molecular complexity index is 1270. The first kappa shape index (κ1) is 23.3. The first-order valence-corrected chi connectivity index (χ1v) is 12.2. The van der Waals surface area contributed by atoms with Crippen molar-refractivity contribution in [1.82, 2.24) is 5.32 Å². The molecule has 0 heterocycles. The normalized spacial score (nSPS) is 14.0. The van der Waals surface area contributed by atoms with E-state index in [0.717, 1.165) is 12.8 Å². The van der Waals surface area contributed by atoms with Crippen LogP contribution in [-0.4, -0.2) is 33.4 Å². The molecule has 9 heteroatoms. The number of ether oxygens (including phenoxy) is 2. The van der Waals surface area contributed by atoms with Crippen LogP contribution < -0.4 is 14.8 Å². The van der Waals surface area contributed by atoms with E-state index in [2.05, 4.69) is 10.0 Å². The fraction of sp³-hybridized carbons (Fsp3) is 0.200. The van der Waals surface area contributed by atoms with E-state index in [4.69, 9.17) is 9.47 Å². The minimum absolute atomic E-state index is 0.0118. The van der Waals surface area contributed by atoms with Gasteiger partial charge >= 0.3 is 5.97 Å². The summed E-state index contributed by atoms with van der Waals surface area (Å²) in [6.45, 7) is 0. The molecule has 3 aromatic carbocycles. The maximum absolute atomic E-state index is 12.9. The summed E-state index contributed by atoms with van der Waals surface area (Å²) in [6.07, 6.45) is 0.636. The fourth-order valence-electron chi connectivity index (χ4n) is 3.24. The lowest BCUT2D eigenvalue weighted by atomic mass is 10.1. The van der Waals surface area contributed by atoms with Gasteiger partial charge in [-0.15, -0.1) is 0 Å². The summed E-state index contributed by atoms with van der Waals surface area (Å²) in [7, 11) is -2.46. The van der Waals surface area contributed by atoms with Crippen LogP contribution in [-0.2, 0) is 19.6 Å². The van der Waals surface area contributed by atoms with Crippen molar-refractivity contribution < 1.29 is 27.5 Å². The quantitative estimate of drug-likeness (QED) is 0.452. The maximum Gasteiger partial charge on any atom is 0.339 e. The largest absolute Gasteiger partial charge is 0.497 e. The number of methoxy groups -OCH3 is 1. The van der Waals surface area contributed by atoms with Crippen molar-refractivity contribution in [3.8, 4) is 5.75 Å². The van der Waals surface area contributed by atoms with Gasteiger partial charge in [-0.3, -0.25) is 9.52 Å². The molecule has 3 aromatic rings. The molecule has 4 rings (SSSR count). The standard InChI is InChI=1S/C25H24N2O6S/c1-32-21-14-12-20(13-15-21)27-34(30,31)22-9-5-8-18(16-22)25(29)33-23(17-6-3-2-4-7-17)24(28)26-19-10-11-19/h2-9,12-16,19,23,27H,10-11H2,1H3,(H,26,28). The highest BCUT2D eigenvalue weighted by atomic mass is 32.2. The zero-order valence-electron chi connectivity index (χ0n) is 18.4. The van der Waals surface area contributed by atoms with E-state index >= 15 is 0 Å². The number of rotatable bonds is 9. The molecule has 2 N–H and O–H groups in total.